The minimum Gasteiger partial charge on any atom is -0.347 e. The van der Waals surface area contributed by atoms with Gasteiger partial charge in [0.1, 0.15) is 5.51 Å². The normalized spacial score (nSPS) is 17.9. The summed E-state index contributed by atoms with van der Waals surface area (Å²) in [5.74, 6) is 0.0683. The number of hydrogen-bond acceptors (Lipinski definition) is 5. The van der Waals surface area contributed by atoms with Crippen molar-refractivity contribution in [2.45, 2.75) is 25.8 Å². The number of amides is 1. The van der Waals surface area contributed by atoms with Gasteiger partial charge >= 0.3 is 0 Å². The number of imidazole rings is 1. The van der Waals surface area contributed by atoms with Crippen molar-refractivity contribution in [3.05, 3.63) is 17.4 Å². The van der Waals surface area contributed by atoms with Gasteiger partial charge in [0.05, 0.1) is 24.5 Å². The molecule has 1 aliphatic heterocycles. The minimum atomic E-state index is -0.0796. The lowest BCUT2D eigenvalue weighted by molar-refractivity contribution is -0.122. The quantitative estimate of drug-likeness (QED) is 0.909. The molecule has 6 nitrogen and oxygen atoms in total. The number of nitrogens with one attached hydrogen (secondary N) is 1. The Hall–Kier alpha value is -1.47. The van der Waals surface area contributed by atoms with Crippen molar-refractivity contribution < 1.29 is 4.79 Å². The lowest BCUT2D eigenvalue weighted by atomic mass is 10.2. The smallest absolute Gasteiger partial charge is 0.234 e. The third kappa shape index (κ3) is 2.76. The monoisotopic (exact) mass is 279 g/mol. The standard InChI is InChI=1S/C12H17N5OS/c1-9(10-6-17-12(15-10)19-8-13-17)14-11(18)7-16-4-2-3-5-16/h6,8-9H,2-5,7H2,1H3,(H,14,18)/t9-/m0/s1. The summed E-state index contributed by atoms with van der Waals surface area (Å²) >= 11 is 1.49. The van der Waals surface area contributed by atoms with Gasteiger partial charge in [0.2, 0.25) is 10.9 Å². The number of nitrogens with zero attached hydrogens (tertiary/aromatic N) is 4. The van der Waals surface area contributed by atoms with Gasteiger partial charge < -0.3 is 5.32 Å². The molecule has 19 heavy (non-hydrogen) atoms. The van der Waals surface area contributed by atoms with Crippen molar-refractivity contribution in [1.82, 2.24) is 24.8 Å². The first-order valence-electron chi connectivity index (χ1n) is 6.53. The van der Waals surface area contributed by atoms with E-state index in [1.54, 1.807) is 10.0 Å². The lowest BCUT2D eigenvalue weighted by Crippen LogP contribution is -2.37. The van der Waals surface area contributed by atoms with Gasteiger partial charge in [-0.1, -0.05) is 11.3 Å². The van der Waals surface area contributed by atoms with Gasteiger partial charge in [0, 0.05) is 0 Å². The van der Waals surface area contributed by atoms with E-state index in [1.807, 2.05) is 13.1 Å². The molecule has 3 rings (SSSR count). The largest absolute Gasteiger partial charge is 0.347 e. The van der Waals surface area contributed by atoms with Crippen LogP contribution in [0, 0.1) is 0 Å². The van der Waals surface area contributed by atoms with E-state index in [4.69, 9.17) is 0 Å². The summed E-state index contributed by atoms with van der Waals surface area (Å²) in [6, 6.07) is -0.0796. The lowest BCUT2D eigenvalue weighted by Gasteiger charge is -2.16. The van der Waals surface area contributed by atoms with Gasteiger partial charge in [-0.15, -0.1) is 0 Å². The first-order chi connectivity index (χ1) is 9.22. The van der Waals surface area contributed by atoms with Crippen LogP contribution in [0.5, 0.6) is 0 Å². The Morgan fingerprint density at radius 1 is 1.53 bits per heavy atom. The molecule has 0 aliphatic carbocycles. The maximum Gasteiger partial charge on any atom is 0.234 e. The SMILES string of the molecule is C[C@H](NC(=O)CN1CCCC1)c1cn2ncsc2n1. The summed E-state index contributed by atoms with van der Waals surface area (Å²) in [6.45, 7) is 4.51. The summed E-state index contributed by atoms with van der Waals surface area (Å²) in [6.07, 6.45) is 4.27. The number of fused-ring (bicyclic) bond motifs is 1. The highest BCUT2D eigenvalue weighted by Gasteiger charge is 2.18. The second-order valence-corrected chi connectivity index (χ2v) is 5.72. The summed E-state index contributed by atoms with van der Waals surface area (Å²) in [5, 5.41) is 7.13. The molecule has 1 aliphatic rings. The zero-order valence-corrected chi connectivity index (χ0v) is 11.7. The zero-order chi connectivity index (χ0) is 13.2. The van der Waals surface area contributed by atoms with E-state index in [1.165, 1.54) is 24.2 Å². The number of carbonyl (C=O) groups is 1. The molecule has 1 amide bonds. The molecule has 1 N–H and O–H groups in total. The van der Waals surface area contributed by atoms with Gasteiger partial charge in [-0.05, 0) is 32.9 Å². The Morgan fingerprint density at radius 3 is 3.05 bits per heavy atom. The fourth-order valence-corrected chi connectivity index (χ4v) is 2.98. The number of hydrogen-bond donors (Lipinski definition) is 1. The minimum absolute atomic E-state index is 0.0683. The van der Waals surface area contributed by atoms with Gasteiger partial charge in [-0.2, -0.15) is 5.10 Å². The maximum atomic E-state index is 11.9. The van der Waals surface area contributed by atoms with E-state index < -0.39 is 0 Å². The number of likely N-dealkylation sites (tertiary alicyclic amines) is 1. The van der Waals surface area contributed by atoms with E-state index in [0.29, 0.717) is 6.54 Å². The van der Waals surface area contributed by atoms with Crippen molar-refractivity contribution in [2.75, 3.05) is 19.6 Å². The van der Waals surface area contributed by atoms with E-state index in [-0.39, 0.29) is 11.9 Å². The number of carbonyl (C=O) groups excluding carboxylic acids is 1. The molecule has 0 aromatic carbocycles. The van der Waals surface area contributed by atoms with E-state index in [9.17, 15) is 4.79 Å². The average Bonchev–Trinajstić information content (AvgIpc) is 3.02. The molecule has 2 aromatic heterocycles. The van der Waals surface area contributed by atoms with Gasteiger partial charge in [0.15, 0.2) is 0 Å². The molecule has 0 bridgehead atoms. The Labute approximate surface area is 115 Å². The number of rotatable bonds is 4. The highest BCUT2D eigenvalue weighted by Crippen LogP contribution is 2.15. The molecule has 0 saturated carbocycles. The molecule has 102 valence electrons. The van der Waals surface area contributed by atoms with Crippen LogP contribution in [0.1, 0.15) is 31.5 Å². The van der Waals surface area contributed by atoms with Crippen molar-refractivity contribution in [3.8, 4) is 0 Å². The second-order valence-electron chi connectivity index (χ2n) is 4.90. The second kappa shape index (κ2) is 5.26. The van der Waals surface area contributed by atoms with E-state index in [0.717, 1.165) is 23.7 Å². The summed E-state index contributed by atoms with van der Waals surface area (Å²) < 4.78 is 1.74. The predicted molar refractivity (Wildman–Crippen MR) is 73.1 cm³/mol. The van der Waals surface area contributed by atoms with Crippen molar-refractivity contribution in [3.63, 3.8) is 0 Å². The van der Waals surface area contributed by atoms with Crippen LogP contribution >= 0.6 is 11.3 Å². The molecule has 1 saturated heterocycles. The van der Waals surface area contributed by atoms with E-state index >= 15 is 0 Å². The molecular formula is C12H17N5OS. The Morgan fingerprint density at radius 2 is 2.32 bits per heavy atom. The van der Waals surface area contributed by atoms with Crippen LogP contribution in [0.3, 0.4) is 0 Å². The molecule has 0 radical (unpaired) electrons. The van der Waals surface area contributed by atoms with Gasteiger partial charge in [0.25, 0.3) is 0 Å². The summed E-state index contributed by atoms with van der Waals surface area (Å²) in [5.41, 5.74) is 2.61. The van der Waals surface area contributed by atoms with Crippen molar-refractivity contribution >= 4 is 22.2 Å². The highest BCUT2D eigenvalue weighted by atomic mass is 32.1. The van der Waals surface area contributed by atoms with Crippen LogP contribution in [-0.2, 0) is 4.79 Å². The fourth-order valence-electron chi connectivity index (χ4n) is 2.37. The average molecular weight is 279 g/mol. The Bertz CT molecular complexity index is 543. The molecule has 1 fully saturated rings. The summed E-state index contributed by atoms with van der Waals surface area (Å²) in [7, 11) is 0. The first kappa shape index (κ1) is 12.6. The van der Waals surface area contributed by atoms with Crippen LogP contribution in [0.15, 0.2) is 11.7 Å². The highest BCUT2D eigenvalue weighted by molar-refractivity contribution is 7.14. The topological polar surface area (TPSA) is 62.5 Å². The molecule has 3 heterocycles. The van der Waals surface area contributed by atoms with Crippen LogP contribution < -0.4 is 5.32 Å². The molecule has 2 aromatic rings. The molecule has 7 heteroatoms. The molecule has 1 atom stereocenters. The fraction of sp³-hybridized carbons (Fsp3) is 0.583. The van der Waals surface area contributed by atoms with E-state index in [2.05, 4.69) is 20.3 Å². The molecule has 0 spiro atoms. The van der Waals surface area contributed by atoms with Crippen LogP contribution in [0.4, 0.5) is 0 Å². The van der Waals surface area contributed by atoms with Crippen LogP contribution in [0.25, 0.3) is 4.96 Å². The van der Waals surface area contributed by atoms with Crippen molar-refractivity contribution in [2.24, 2.45) is 0 Å². The Balaban J connectivity index is 1.59. The zero-order valence-electron chi connectivity index (χ0n) is 10.9. The van der Waals surface area contributed by atoms with Crippen LogP contribution in [0.2, 0.25) is 0 Å². The predicted octanol–water partition coefficient (Wildman–Crippen LogP) is 1.06. The van der Waals surface area contributed by atoms with Crippen LogP contribution in [-0.4, -0.2) is 45.0 Å². The summed E-state index contributed by atoms with van der Waals surface area (Å²) in [4.78, 5) is 19.4. The Kier molecular flexibility index (Phi) is 3.48. The molecular weight excluding hydrogens is 262 g/mol. The maximum absolute atomic E-state index is 11.9. The first-order valence-corrected chi connectivity index (χ1v) is 7.41. The third-order valence-electron chi connectivity index (χ3n) is 3.39. The van der Waals surface area contributed by atoms with Gasteiger partial charge in [-0.25, -0.2) is 9.50 Å². The molecule has 0 unspecified atom stereocenters. The van der Waals surface area contributed by atoms with Gasteiger partial charge in [-0.3, -0.25) is 9.69 Å². The number of aromatic nitrogens is 3. The van der Waals surface area contributed by atoms with Crippen molar-refractivity contribution in [1.29, 1.82) is 0 Å². The third-order valence-corrected chi connectivity index (χ3v) is 4.08.